The first-order chi connectivity index (χ1) is 20.5. The van der Waals surface area contributed by atoms with Crippen molar-refractivity contribution in [2.24, 2.45) is 0 Å². The number of nitrogens with one attached hydrogen (secondary N) is 2. The second-order valence-electron chi connectivity index (χ2n) is 10.9. The monoisotopic (exact) mass is 608 g/mol. The van der Waals surface area contributed by atoms with E-state index in [1.807, 2.05) is 31.1 Å². The number of amides is 2. The molecule has 1 fully saturated rings. The fourth-order valence-corrected chi connectivity index (χ4v) is 6.76. The molecule has 1 saturated heterocycles. The van der Waals surface area contributed by atoms with E-state index in [9.17, 15) is 23.1 Å². The Morgan fingerprint density at radius 3 is 2.37 bits per heavy atom. The Balaban J connectivity index is 1.58. The van der Waals surface area contributed by atoms with Gasteiger partial charge in [0.2, 0.25) is 21.8 Å². The molecule has 1 heterocycles. The molecular weight excluding hydrogens is 568 g/mol. The molecule has 0 saturated carbocycles. The van der Waals surface area contributed by atoms with E-state index in [1.54, 1.807) is 55.5 Å². The van der Waals surface area contributed by atoms with Gasteiger partial charge in [-0.05, 0) is 67.3 Å². The van der Waals surface area contributed by atoms with Crippen LogP contribution in [0.25, 0.3) is 0 Å². The summed E-state index contributed by atoms with van der Waals surface area (Å²) in [5.74, 6) is -0.561. The van der Waals surface area contributed by atoms with Crippen LogP contribution in [0.5, 0.6) is 5.75 Å². The minimum Gasteiger partial charge on any atom is -0.497 e. The van der Waals surface area contributed by atoms with Crippen LogP contribution in [-0.4, -0.2) is 69.5 Å². The van der Waals surface area contributed by atoms with Gasteiger partial charge in [-0.15, -0.1) is 0 Å². The lowest BCUT2D eigenvalue weighted by molar-refractivity contribution is -0.129. The van der Waals surface area contributed by atoms with Crippen LogP contribution in [0.15, 0.2) is 77.7 Å². The maximum Gasteiger partial charge on any atom is 0.247 e. The molecule has 0 aromatic heterocycles. The highest BCUT2D eigenvalue weighted by Crippen LogP contribution is 2.28. The number of aliphatic hydroxyl groups excluding tert-OH is 1. The Bertz CT molecular complexity index is 1510. The minimum absolute atomic E-state index is 0.0419. The molecule has 1 aliphatic rings. The van der Waals surface area contributed by atoms with Crippen LogP contribution >= 0.6 is 0 Å². The Labute approximate surface area is 253 Å². The van der Waals surface area contributed by atoms with E-state index in [2.05, 4.69) is 10.6 Å². The molecule has 3 aromatic carbocycles. The molecule has 1 unspecified atom stereocenters. The number of sulfonamides is 1. The van der Waals surface area contributed by atoms with Gasteiger partial charge in [0.25, 0.3) is 0 Å². The van der Waals surface area contributed by atoms with Gasteiger partial charge in [0, 0.05) is 44.5 Å². The van der Waals surface area contributed by atoms with Crippen molar-refractivity contribution in [3.8, 4) is 5.75 Å². The van der Waals surface area contributed by atoms with Gasteiger partial charge in [-0.2, -0.15) is 4.31 Å². The van der Waals surface area contributed by atoms with Crippen molar-refractivity contribution in [2.45, 2.75) is 55.7 Å². The van der Waals surface area contributed by atoms with Gasteiger partial charge >= 0.3 is 0 Å². The number of aliphatic hydroxyl groups is 1. The Hall–Kier alpha value is -3.93. The van der Waals surface area contributed by atoms with Crippen LogP contribution in [-0.2, 0) is 26.0 Å². The zero-order valence-corrected chi connectivity index (χ0v) is 25.8. The number of nitrogens with zero attached hydrogens (tertiary/aromatic N) is 2. The summed E-state index contributed by atoms with van der Waals surface area (Å²) in [7, 11) is 1.29. The molecule has 11 heteroatoms. The van der Waals surface area contributed by atoms with Crippen LogP contribution in [0.3, 0.4) is 0 Å². The van der Waals surface area contributed by atoms with Crippen LogP contribution in [0, 0.1) is 0 Å². The number of anilines is 2. The molecule has 3 atom stereocenters. The number of methoxy groups -OCH3 is 1. The highest BCUT2D eigenvalue weighted by Gasteiger charge is 2.39. The van der Waals surface area contributed by atoms with Crippen molar-refractivity contribution in [3.63, 3.8) is 0 Å². The largest absolute Gasteiger partial charge is 0.497 e. The second-order valence-corrected chi connectivity index (χ2v) is 12.8. The maximum absolute atomic E-state index is 13.8. The fourth-order valence-electron chi connectivity index (χ4n) is 5.07. The van der Waals surface area contributed by atoms with E-state index < -0.39 is 40.0 Å². The molecule has 2 amide bonds. The molecule has 0 radical (unpaired) electrons. The fraction of sp³-hybridized carbons (Fsp3) is 0.375. The lowest BCUT2D eigenvalue weighted by Gasteiger charge is -2.34. The third kappa shape index (κ3) is 7.92. The average Bonchev–Trinajstić information content (AvgIpc) is 3.01. The number of ether oxygens (including phenoxy) is 1. The lowest BCUT2D eigenvalue weighted by Crippen LogP contribution is -2.56. The van der Waals surface area contributed by atoms with Crippen molar-refractivity contribution in [1.29, 1.82) is 0 Å². The van der Waals surface area contributed by atoms with Gasteiger partial charge in [-0.3, -0.25) is 9.59 Å². The first-order valence-electron chi connectivity index (χ1n) is 14.3. The number of benzene rings is 3. The quantitative estimate of drug-likeness (QED) is 0.303. The maximum atomic E-state index is 13.8. The highest BCUT2D eigenvalue weighted by molar-refractivity contribution is 7.89. The number of rotatable bonds is 11. The van der Waals surface area contributed by atoms with E-state index in [4.69, 9.17) is 4.74 Å². The van der Waals surface area contributed by atoms with Gasteiger partial charge in [-0.1, -0.05) is 36.8 Å². The summed E-state index contributed by atoms with van der Waals surface area (Å²) in [6, 6.07) is 18.7. The SMILES string of the molecule is COc1cccc(S(=O)(=O)N2CCCC[C@H]2C(=O)N[C@@H](Cc2ccc(C(C)O)cc2)C(=O)Nc2ccc(N(C)C)cc2)c1. The van der Waals surface area contributed by atoms with E-state index in [-0.39, 0.29) is 17.9 Å². The molecule has 3 N–H and O–H groups in total. The lowest BCUT2D eigenvalue weighted by atomic mass is 10.00. The molecule has 0 aliphatic carbocycles. The van der Waals surface area contributed by atoms with Crippen molar-refractivity contribution in [1.82, 2.24) is 9.62 Å². The third-order valence-corrected chi connectivity index (χ3v) is 9.49. The van der Waals surface area contributed by atoms with E-state index in [0.29, 0.717) is 30.7 Å². The first-order valence-corrected chi connectivity index (χ1v) is 15.7. The van der Waals surface area contributed by atoms with Gasteiger partial charge in [0.05, 0.1) is 18.1 Å². The summed E-state index contributed by atoms with van der Waals surface area (Å²) in [5, 5.41) is 15.6. The predicted molar refractivity (Wildman–Crippen MR) is 167 cm³/mol. The van der Waals surface area contributed by atoms with Crippen molar-refractivity contribution >= 4 is 33.2 Å². The average molecular weight is 609 g/mol. The van der Waals surface area contributed by atoms with Gasteiger partial charge in [-0.25, -0.2) is 8.42 Å². The molecule has 1 aliphatic heterocycles. The Kier molecular flexibility index (Phi) is 10.4. The molecule has 0 spiro atoms. The molecule has 4 rings (SSSR count). The summed E-state index contributed by atoms with van der Waals surface area (Å²) < 4.78 is 33.8. The van der Waals surface area contributed by atoms with Crippen LogP contribution in [0.4, 0.5) is 11.4 Å². The van der Waals surface area contributed by atoms with Crippen molar-refractivity contribution in [3.05, 3.63) is 83.9 Å². The van der Waals surface area contributed by atoms with E-state index in [1.165, 1.54) is 23.5 Å². The zero-order valence-electron chi connectivity index (χ0n) is 25.0. The molecule has 3 aromatic rings. The van der Waals surface area contributed by atoms with Crippen LogP contribution in [0.2, 0.25) is 0 Å². The highest BCUT2D eigenvalue weighted by atomic mass is 32.2. The summed E-state index contributed by atoms with van der Waals surface area (Å²) in [4.78, 5) is 29.3. The summed E-state index contributed by atoms with van der Waals surface area (Å²) >= 11 is 0. The zero-order chi connectivity index (χ0) is 31.1. The summed E-state index contributed by atoms with van der Waals surface area (Å²) in [6.45, 7) is 1.86. The summed E-state index contributed by atoms with van der Waals surface area (Å²) in [5.41, 5.74) is 3.04. The van der Waals surface area contributed by atoms with Gasteiger partial charge in [0.15, 0.2) is 0 Å². The van der Waals surface area contributed by atoms with Crippen molar-refractivity contribution < 1.29 is 27.9 Å². The molecule has 43 heavy (non-hydrogen) atoms. The first kappa shape index (κ1) is 32.0. The Morgan fingerprint density at radius 1 is 1.05 bits per heavy atom. The molecule has 230 valence electrons. The number of piperidine rings is 1. The topological polar surface area (TPSA) is 128 Å². The standard InChI is InChI=1S/C32H40N4O6S/c1-22(37)24-13-11-23(12-14-24)20-29(31(38)33-25-15-17-26(18-16-25)35(2)3)34-32(39)30-10-5-6-19-36(30)43(40,41)28-9-7-8-27(21-28)42-4/h7-9,11-18,21-22,29-30,37H,5-6,10,19-20H2,1-4H3,(H,33,38)(H,34,39)/t22?,29-,30-/m0/s1. The van der Waals surface area contributed by atoms with E-state index >= 15 is 0 Å². The number of carbonyl (C=O) groups is 2. The minimum atomic E-state index is -4.01. The van der Waals surface area contributed by atoms with Gasteiger partial charge in [0.1, 0.15) is 17.8 Å². The number of carbonyl (C=O) groups excluding carboxylic acids is 2. The van der Waals surface area contributed by atoms with Crippen molar-refractivity contribution in [2.75, 3.05) is 38.0 Å². The smallest absolute Gasteiger partial charge is 0.247 e. The van der Waals surface area contributed by atoms with Crippen LogP contribution < -0.4 is 20.3 Å². The second kappa shape index (κ2) is 14.0. The molecule has 0 bridgehead atoms. The summed E-state index contributed by atoms with van der Waals surface area (Å²) in [6.07, 6.45) is 1.16. The Morgan fingerprint density at radius 2 is 1.74 bits per heavy atom. The predicted octanol–water partition coefficient (Wildman–Crippen LogP) is 3.72. The van der Waals surface area contributed by atoms with E-state index in [0.717, 1.165) is 16.8 Å². The third-order valence-electron chi connectivity index (χ3n) is 7.59. The normalized spacial score (nSPS) is 17.0. The molecular formula is C32H40N4O6S. The van der Waals surface area contributed by atoms with Gasteiger partial charge < -0.3 is 25.4 Å². The molecule has 10 nitrogen and oxygen atoms in total. The van der Waals surface area contributed by atoms with Crippen LogP contribution in [0.1, 0.15) is 43.4 Å². The number of hydrogen-bond donors (Lipinski definition) is 3. The number of hydrogen-bond acceptors (Lipinski definition) is 7.